The summed E-state index contributed by atoms with van der Waals surface area (Å²) in [5, 5.41) is 12.3. The molecule has 2 amide bonds. The summed E-state index contributed by atoms with van der Waals surface area (Å²) < 4.78 is 16.2. The monoisotopic (exact) mass is 556 g/mol. The van der Waals surface area contributed by atoms with Crippen LogP contribution in [-0.4, -0.2) is 73.2 Å². The second kappa shape index (κ2) is 13.5. The van der Waals surface area contributed by atoms with Crippen molar-refractivity contribution in [1.82, 2.24) is 10.2 Å². The number of hydrogen-bond donors (Lipinski definition) is 2. The fourth-order valence-corrected chi connectivity index (χ4v) is 5.52. The number of methoxy groups -OCH3 is 1. The minimum absolute atomic E-state index is 0.112. The molecule has 2 atom stereocenters. The number of carbonyl (C=O) groups excluding carboxylic acids is 3. The highest BCUT2D eigenvalue weighted by atomic mass is 32.2. The number of benzene rings is 2. The van der Waals surface area contributed by atoms with Gasteiger partial charge in [-0.1, -0.05) is 30.3 Å². The molecule has 2 aliphatic heterocycles. The van der Waals surface area contributed by atoms with Crippen molar-refractivity contribution in [1.29, 1.82) is 0 Å². The van der Waals surface area contributed by atoms with Gasteiger partial charge in [-0.15, -0.1) is 0 Å². The third-order valence-electron chi connectivity index (χ3n) is 6.64. The normalized spacial score (nSPS) is 17.5. The first-order valence-electron chi connectivity index (χ1n) is 12.9. The molecule has 2 aromatic rings. The minimum Gasteiger partial charge on any atom is -0.480 e. The number of carboxylic acid groups (broad SMARTS) is 1. The maximum absolute atomic E-state index is 12.9. The number of carbonyl (C=O) groups is 4. The highest BCUT2D eigenvalue weighted by molar-refractivity contribution is 7.99. The van der Waals surface area contributed by atoms with E-state index in [9.17, 15) is 24.3 Å². The van der Waals surface area contributed by atoms with Gasteiger partial charge in [0.1, 0.15) is 17.5 Å². The van der Waals surface area contributed by atoms with Crippen LogP contribution in [-0.2, 0) is 23.9 Å². The molecule has 39 heavy (non-hydrogen) atoms. The van der Waals surface area contributed by atoms with Crippen molar-refractivity contribution >= 4 is 35.5 Å². The predicted octanol–water partition coefficient (Wildman–Crippen LogP) is 3.73. The third kappa shape index (κ3) is 7.51. The molecule has 0 aromatic heterocycles. The Morgan fingerprint density at radius 2 is 1.87 bits per heavy atom. The number of likely N-dealkylation sites (tertiary alicyclic amines) is 1. The largest absolute Gasteiger partial charge is 0.480 e. The third-order valence-corrected chi connectivity index (χ3v) is 7.75. The molecule has 2 aromatic carbocycles. The Hall–Kier alpha value is -3.57. The van der Waals surface area contributed by atoms with E-state index >= 15 is 0 Å². The average Bonchev–Trinajstić information content (AvgIpc) is 3.38. The second-order valence-electron chi connectivity index (χ2n) is 9.46. The van der Waals surface area contributed by atoms with Crippen LogP contribution in [0.2, 0.25) is 0 Å². The van der Waals surface area contributed by atoms with E-state index in [1.165, 1.54) is 12.0 Å². The molecule has 4 rings (SSSR count). The molecule has 2 N–H and O–H groups in total. The van der Waals surface area contributed by atoms with Crippen molar-refractivity contribution in [2.24, 2.45) is 5.92 Å². The lowest BCUT2D eigenvalue weighted by molar-refractivity contribution is -0.147. The van der Waals surface area contributed by atoms with Crippen molar-refractivity contribution in [2.45, 2.75) is 47.9 Å². The average molecular weight is 557 g/mol. The Kier molecular flexibility index (Phi) is 9.83. The van der Waals surface area contributed by atoms with Gasteiger partial charge >= 0.3 is 11.9 Å². The van der Waals surface area contributed by atoms with Gasteiger partial charge < -0.3 is 29.5 Å². The van der Waals surface area contributed by atoms with E-state index in [0.717, 1.165) is 29.1 Å². The molecule has 0 saturated carbocycles. The number of rotatable bonds is 12. The van der Waals surface area contributed by atoms with Gasteiger partial charge in [0.2, 0.25) is 5.91 Å². The molecule has 0 unspecified atom stereocenters. The molecule has 10 nitrogen and oxygen atoms in total. The van der Waals surface area contributed by atoms with E-state index < -0.39 is 23.8 Å². The van der Waals surface area contributed by atoms with E-state index in [4.69, 9.17) is 9.47 Å². The minimum atomic E-state index is -1.08. The van der Waals surface area contributed by atoms with E-state index in [0.29, 0.717) is 43.1 Å². The summed E-state index contributed by atoms with van der Waals surface area (Å²) in [4.78, 5) is 51.8. The van der Waals surface area contributed by atoms with Crippen LogP contribution in [0.15, 0.2) is 52.3 Å². The zero-order valence-electron chi connectivity index (χ0n) is 21.7. The highest BCUT2D eigenvalue weighted by Gasteiger charge is 2.39. The molecule has 208 valence electrons. The number of nitrogens with zero attached hydrogens (tertiary/aromatic N) is 1. The van der Waals surface area contributed by atoms with E-state index in [1.54, 1.807) is 30.0 Å². The molecule has 1 saturated heterocycles. The number of carboxylic acids is 1. The molecule has 0 aliphatic carbocycles. The quantitative estimate of drug-likeness (QED) is 0.253. The first kappa shape index (κ1) is 28.4. The number of ether oxygens (including phenoxy) is 3. The van der Waals surface area contributed by atoms with Gasteiger partial charge in [-0.05, 0) is 49.6 Å². The Morgan fingerprint density at radius 3 is 2.67 bits per heavy atom. The lowest BCUT2D eigenvalue weighted by Gasteiger charge is -2.22. The number of nitrogens with one attached hydrogen (secondary N) is 1. The van der Waals surface area contributed by atoms with Crippen LogP contribution in [0.4, 0.5) is 0 Å². The maximum atomic E-state index is 12.9. The number of aliphatic carboxylic acids is 1. The number of para-hydroxylation sites is 1. The Bertz CT molecular complexity index is 1220. The summed E-state index contributed by atoms with van der Waals surface area (Å²) in [6.07, 6.45) is 2.99. The number of unbranched alkanes of at least 4 members (excludes halogenated alkanes) is 2. The molecule has 2 heterocycles. The summed E-state index contributed by atoms with van der Waals surface area (Å²) >= 11 is 1.55. The zero-order chi connectivity index (χ0) is 27.8. The van der Waals surface area contributed by atoms with Crippen molar-refractivity contribution in [3.05, 3.63) is 48.0 Å². The Labute approximate surface area is 231 Å². The summed E-state index contributed by atoms with van der Waals surface area (Å²) in [7, 11) is 1.36. The SMILES string of the molecule is COC(=O)CCCCCOC[C@H]1C[C@@H](C(=O)O)N(C(=O)CNC(=O)c2ccc3c(c2)Oc2ccccc2S3)C1. The van der Waals surface area contributed by atoms with Gasteiger partial charge in [-0.3, -0.25) is 14.4 Å². The number of amides is 2. The predicted molar refractivity (Wildman–Crippen MR) is 142 cm³/mol. The highest BCUT2D eigenvalue weighted by Crippen LogP contribution is 2.46. The lowest BCUT2D eigenvalue weighted by atomic mass is 10.1. The van der Waals surface area contributed by atoms with Gasteiger partial charge in [0.25, 0.3) is 5.91 Å². The van der Waals surface area contributed by atoms with Gasteiger partial charge in [-0.2, -0.15) is 0 Å². The molecular formula is C28H32N2O8S. The van der Waals surface area contributed by atoms with Crippen molar-refractivity contribution < 1.29 is 38.5 Å². The van der Waals surface area contributed by atoms with Gasteiger partial charge in [-0.25, -0.2) is 4.79 Å². The molecule has 0 radical (unpaired) electrons. The number of esters is 1. The van der Waals surface area contributed by atoms with Crippen LogP contribution in [0.3, 0.4) is 0 Å². The topological polar surface area (TPSA) is 131 Å². The van der Waals surface area contributed by atoms with Crippen LogP contribution >= 0.6 is 11.8 Å². The summed E-state index contributed by atoms with van der Waals surface area (Å²) in [5.74, 6) is -1.05. The van der Waals surface area contributed by atoms with Crippen molar-refractivity contribution in [3.8, 4) is 11.5 Å². The van der Waals surface area contributed by atoms with Crippen LogP contribution in [0.25, 0.3) is 0 Å². The van der Waals surface area contributed by atoms with Crippen molar-refractivity contribution in [2.75, 3.05) is 33.4 Å². The molecule has 0 bridgehead atoms. The fourth-order valence-electron chi connectivity index (χ4n) is 4.58. The van der Waals surface area contributed by atoms with Gasteiger partial charge in [0.05, 0.1) is 30.1 Å². The molecule has 0 spiro atoms. The maximum Gasteiger partial charge on any atom is 0.326 e. The Balaban J connectivity index is 1.23. The first-order valence-corrected chi connectivity index (χ1v) is 13.7. The fraction of sp³-hybridized carbons (Fsp3) is 0.429. The van der Waals surface area contributed by atoms with Crippen LogP contribution < -0.4 is 10.1 Å². The number of hydrogen-bond acceptors (Lipinski definition) is 8. The van der Waals surface area contributed by atoms with E-state index in [2.05, 4.69) is 10.1 Å². The van der Waals surface area contributed by atoms with Crippen LogP contribution in [0.1, 0.15) is 42.5 Å². The first-order chi connectivity index (χ1) is 18.9. The summed E-state index contributed by atoms with van der Waals surface area (Å²) in [5.41, 5.74) is 0.343. The van der Waals surface area contributed by atoms with Crippen LogP contribution in [0, 0.1) is 5.92 Å². The molecule has 1 fully saturated rings. The van der Waals surface area contributed by atoms with Crippen LogP contribution in [0.5, 0.6) is 11.5 Å². The lowest BCUT2D eigenvalue weighted by Crippen LogP contribution is -2.45. The zero-order valence-corrected chi connectivity index (χ0v) is 22.5. The molecule has 2 aliphatic rings. The molecule has 11 heteroatoms. The van der Waals surface area contributed by atoms with Gasteiger partial charge in [0.15, 0.2) is 0 Å². The number of fused-ring (bicyclic) bond motifs is 2. The van der Waals surface area contributed by atoms with E-state index in [-0.39, 0.29) is 25.0 Å². The smallest absolute Gasteiger partial charge is 0.326 e. The summed E-state index contributed by atoms with van der Waals surface area (Å²) in [6.45, 7) is 0.768. The van der Waals surface area contributed by atoms with E-state index in [1.807, 2.05) is 24.3 Å². The molecular weight excluding hydrogens is 524 g/mol. The standard InChI is InChI=1S/C28H32N2O8S/c1-36-26(32)9-3-2-6-12-37-17-18-13-20(28(34)35)30(16-18)25(31)15-29-27(33)19-10-11-24-22(14-19)38-21-7-4-5-8-23(21)39-24/h4-5,7-8,10-11,14,18,20H,2-3,6,9,12-13,15-17H2,1H3,(H,29,33)(H,34,35)/t18-,20-/m0/s1. The van der Waals surface area contributed by atoms with Crippen molar-refractivity contribution in [3.63, 3.8) is 0 Å². The Morgan fingerprint density at radius 1 is 1.08 bits per heavy atom. The summed E-state index contributed by atoms with van der Waals surface area (Å²) in [6, 6.07) is 11.8. The second-order valence-corrected chi connectivity index (χ2v) is 10.5. The van der Waals surface area contributed by atoms with Gasteiger partial charge in [0, 0.05) is 31.1 Å².